The maximum atomic E-state index is 11.2. The molecule has 0 aliphatic carbocycles. The zero-order valence-corrected chi connectivity index (χ0v) is 10.0. The van der Waals surface area contributed by atoms with Gasteiger partial charge in [-0.1, -0.05) is 0 Å². The van der Waals surface area contributed by atoms with Gasteiger partial charge in [0, 0.05) is 6.54 Å². The Balaban J connectivity index is 2.26. The average molecular weight is 284 g/mol. The number of carbonyl (C=O) groups is 1. The summed E-state index contributed by atoms with van der Waals surface area (Å²) in [5.41, 5.74) is 0. The van der Waals surface area contributed by atoms with Gasteiger partial charge in [-0.05, 0) is 28.1 Å². The van der Waals surface area contributed by atoms with E-state index in [0.717, 1.165) is 0 Å². The van der Waals surface area contributed by atoms with E-state index in [1.54, 1.807) is 12.1 Å². The maximum Gasteiger partial charge on any atom is 0.257 e. The average Bonchev–Trinajstić information content (AvgIpc) is 2.29. The highest BCUT2D eigenvalue weighted by Crippen LogP contribution is 2.12. The normalized spacial score (nSPS) is 9.25. The standard InChI is InChI=1S/C10H10BrN3O2/c11-9-3-2-8(6-14-9)16-7-10(15)13-5-1-4-12/h2-3,6H,1,5,7H2,(H,13,15). The van der Waals surface area contributed by atoms with Crippen molar-refractivity contribution < 1.29 is 9.53 Å². The minimum absolute atomic E-state index is 0.0747. The molecule has 0 saturated carbocycles. The lowest BCUT2D eigenvalue weighted by atomic mass is 10.4. The van der Waals surface area contributed by atoms with Crippen LogP contribution in [0.5, 0.6) is 5.75 Å². The van der Waals surface area contributed by atoms with E-state index in [4.69, 9.17) is 10.00 Å². The highest BCUT2D eigenvalue weighted by atomic mass is 79.9. The summed E-state index contributed by atoms with van der Waals surface area (Å²) in [6.07, 6.45) is 1.82. The molecule has 6 heteroatoms. The van der Waals surface area contributed by atoms with Crippen molar-refractivity contribution in [2.75, 3.05) is 13.2 Å². The van der Waals surface area contributed by atoms with E-state index in [9.17, 15) is 4.79 Å². The van der Waals surface area contributed by atoms with E-state index in [2.05, 4.69) is 26.2 Å². The molecule has 1 amide bonds. The first-order valence-electron chi connectivity index (χ1n) is 4.60. The van der Waals surface area contributed by atoms with Crippen molar-refractivity contribution in [2.24, 2.45) is 0 Å². The summed E-state index contributed by atoms with van der Waals surface area (Å²) in [6.45, 7) is 0.270. The van der Waals surface area contributed by atoms with Crippen LogP contribution in [0, 0.1) is 11.3 Å². The number of amides is 1. The summed E-state index contributed by atoms with van der Waals surface area (Å²) in [5.74, 6) is 0.275. The third-order valence-corrected chi connectivity index (χ3v) is 2.10. The van der Waals surface area contributed by atoms with Crippen LogP contribution in [0.4, 0.5) is 0 Å². The molecule has 0 atom stereocenters. The Labute approximate surface area is 102 Å². The maximum absolute atomic E-state index is 11.2. The van der Waals surface area contributed by atoms with Gasteiger partial charge in [0.05, 0.1) is 18.7 Å². The quantitative estimate of drug-likeness (QED) is 0.652. The van der Waals surface area contributed by atoms with E-state index < -0.39 is 0 Å². The Bertz CT molecular complexity index is 386. The Hall–Kier alpha value is -1.61. The SMILES string of the molecule is N#CCCNC(=O)COc1ccc(Br)nc1. The van der Waals surface area contributed by atoms with Crippen molar-refractivity contribution in [1.82, 2.24) is 10.3 Å². The molecule has 0 unspecified atom stereocenters. The lowest BCUT2D eigenvalue weighted by Crippen LogP contribution is -2.29. The molecule has 1 rings (SSSR count). The Morgan fingerprint density at radius 2 is 2.44 bits per heavy atom. The fourth-order valence-corrected chi connectivity index (χ4v) is 1.14. The lowest BCUT2D eigenvalue weighted by molar-refractivity contribution is -0.123. The van der Waals surface area contributed by atoms with Crippen molar-refractivity contribution in [3.8, 4) is 11.8 Å². The summed E-state index contributed by atoms with van der Waals surface area (Å²) < 4.78 is 5.88. The van der Waals surface area contributed by atoms with Crippen LogP contribution in [0.15, 0.2) is 22.9 Å². The molecular formula is C10H10BrN3O2. The molecule has 1 aromatic heterocycles. The largest absolute Gasteiger partial charge is 0.482 e. The topological polar surface area (TPSA) is 75.0 Å². The van der Waals surface area contributed by atoms with E-state index in [1.807, 2.05) is 6.07 Å². The zero-order chi connectivity index (χ0) is 11.8. The first kappa shape index (κ1) is 12.5. The minimum atomic E-state index is -0.252. The zero-order valence-electron chi connectivity index (χ0n) is 8.44. The molecule has 0 aliphatic heterocycles. The van der Waals surface area contributed by atoms with Gasteiger partial charge in [0.15, 0.2) is 6.61 Å². The number of halogens is 1. The van der Waals surface area contributed by atoms with Gasteiger partial charge in [0.2, 0.25) is 0 Å². The Morgan fingerprint density at radius 1 is 1.62 bits per heavy atom. The number of hydrogen-bond acceptors (Lipinski definition) is 4. The third-order valence-electron chi connectivity index (χ3n) is 1.63. The van der Waals surface area contributed by atoms with Crippen molar-refractivity contribution in [3.63, 3.8) is 0 Å². The van der Waals surface area contributed by atoms with Gasteiger partial charge < -0.3 is 10.1 Å². The van der Waals surface area contributed by atoms with Crippen LogP contribution >= 0.6 is 15.9 Å². The number of nitrogens with one attached hydrogen (secondary N) is 1. The van der Waals surface area contributed by atoms with Gasteiger partial charge in [-0.25, -0.2) is 4.98 Å². The second kappa shape index (κ2) is 6.80. The van der Waals surface area contributed by atoms with Gasteiger partial charge in [-0.2, -0.15) is 5.26 Å². The molecule has 0 fully saturated rings. The molecule has 0 aromatic carbocycles. The number of carbonyl (C=O) groups excluding carboxylic acids is 1. The number of aromatic nitrogens is 1. The Morgan fingerprint density at radius 3 is 3.06 bits per heavy atom. The molecule has 5 nitrogen and oxygen atoms in total. The highest BCUT2D eigenvalue weighted by molar-refractivity contribution is 9.10. The van der Waals surface area contributed by atoms with Gasteiger partial charge in [0.1, 0.15) is 10.4 Å². The number of nitrogens with zero attached hydrogens (tertiary/aromatic N) is 2. The van der Waals surface area contributed by atoms with Gasteiger partial charge in [-0.3, -0.25) is 4.79 Å². The van der Waals surface area contributed by atoms with E-state index >= 15 is 0 Å². The van der Waals surface area contributed by atoms with Gasteiger partial charge in [0.25, 0.3) is 5.91 Å². The number of nitriles is 1. The molecule has 0 radical (unpaired) electrons. The molecular weight excluding hydrogens is 274 g/mol. The second-order valence-electron chi connectivity index (χ2n) is 2.86. The number of rotatable bonds is 5. The highest BCUT2D eigenvalue weighted by Gasteiger charge is 2.01. The monoisotopic (exact) mass is 283 g/mol. The van der Waals surface area contributed by atoms with Crippen molar-refractivity contribution >= 4 is 21.8 Å². The van der Waals surface area contributed by atoms with Crippen LogP contribution in [0.3, 0.4) is 0 Å². The third kappa shape index (κ3) is 4.75. The lowest BCUT2D eigenvalue weighted by Gasteiger charge is -2.05. The smallest absolute Gasteiger partial charge is 0.257 e. The number of pyridine rings is 1. The number of hydrogen-bond donors (Lipinski definition) is 1. The van der Waals surface area contributed by atoms with E-state index in [-0.39, 0.29) is 12.5 Å². The van der Waals surface area contributed by atoms with Crippen molar-refractivity contribution in [2.45, 2.75) is 6.42 Å². The molecule has 16 heavy (non-hydrogen) atoms. The van der Waals surface area contributed by atoms with E-state index in [1.165, 1.54) is 6.20 Å². The molecule has 1 N–H and O–H groups in total. The molecule has 1 heterocycles. The predicted octanol–water partition coefficient (Wildman–Crippen LogP) is 1.25. The second-order valence-corrected chi connectivity index (χ2v) is 3.68. The Kier molecular flexibility index (Phi) is 5.29. The van der Waals surface area contributed by atoms with Crippen molar-refractivity contribution in [3.05, 3.63) is 22.9 Å². The van der Waals surface area contributed by atoms with Gasteiger partial charge in [-0.15, -0.1) is 0 Å². The molecule has 0 spiro atoms. The van der Waals surface area contributed by atoms with Crippen LogP contribution in [-0.2, 0) is 4.79 Å². The van der Waals surface area contributed by atoms with Crippen LogP contribution in [0.2, 0.25) is 0 Å². The summed E-state index contributed by atoms with van der Waals surface area (Å²) >= 11 is 3.19. The molecule has 0 bridgehead atoms. The number of ether oxygens (including phenoxy) is 1. The summed E-state index contributed by atoms with van der Waals surface area (Å²) in [5, 5.41) is 10.8. The fourth-order valence-electron chi connectivity index (χ4n) is 0.905. The summed E-state index contributed by atoms with van der Waals surface area (Å²) in [7, 11) is 0. The van der Waals surface area contributed by atoms with Gasteiger partial charge >= 0.3 is 0 Å². The van der Waals surface area contributed by atoms with Crippen LogP contribution in [0.1, 0.15) is 6.42 Å². The molecule has 0 saturated heterocycles. The first-order chi connectivity index (χ1) is 7.72. The minimum Gasteiger partial charge on any atom is -0.482 e. The van der Waals surface area contributed by atoms with Crippen LogP contribution < -0.4 is 10.1 Å². The van der Waals surface area contributed by atoms with Crippen LogP contribution in [0.25, 0.3) is 0 Å². The summed E-state index contributed by atoms with van der Waals surface area (Å²) in [6, 6.07) is 5.37. The van der Waals surface area contributed by atoms with Crippen LogP contribution in [-0.4, -0.2) is 24.0 Å². The van der Waals surface area contributed by atoms with Crippen molar-refractivity contribution in [1.29, 1.82) is 5.26 Å². The predicted molar refractivity (Wildman–Crippen MR) is 60.7 cm³/mol. The fraction of sp³-hybridized carbons (Fsp3) is 0.300. The molecule has 0 aliphatic rings. The molecule has 84 valence electrons. The first-order valence-corrected chi connectivity index (χ1v) is 5.39. The summed E-state index contributed by atoms with van der Waals surface area (Å²) in [4.78, 5) is 15.1. The van der Waals surface area contributed by atoms with E-state index in [0.29, 0.717) is 23.3 Å². The molecule has 1 aromatic rings.